The summed E-state index contributed by atoms with van der Waals surface area (Å²) >= 11 is 0. The van der Waals surface area contributed by atoms with E-state index in [4.69, 9.17) is 15.6 Å². The first-order chi connectivity index (χ1) is 8.31. The molecule has 0 spiro atoms. The summed E-state index contributed by atoms with van der Waals surface area (Å²) in [4.78, 5) is 11.4. The van der Waals surface area contributed by atoms with Crippen LogP contribution in [0.15, 0.2) is 24.3 Å². The molecule has 0 aliphatic rings. The van der Waals surface area contributed by atoms with Gasteiger partial charge in [-0.3, -0.25) is 4.79 Å². The summed E-state index contributed by atoms with van der Waals surface area (Å²) in [6, 6.07) is 6.08. The molecular weight excluding hydrogens is 232 g/mol. The van der Waals surface area contributed by atoms with Crippen molar-refractivity contribution in [2.45, 2.75) is 32.4 Å². The number of anilines is 1. The molecule has 100 valence electrons. The van der Waals surface area contributed by atoms with Crippen LogP contribution in [0.2, 0.25) is 0 Å². The first-order valence-corrected chi connectivity index (χ1v) is 5.78. The first kappa shape index (κ1) is 14.5. The molecular formula is C13H20N2O3. The predicted octanol–water partition coefficient (Wildman–Crippen LogP) is 1.12. The Bertz CT molecular complexity index is 396. The van der Waals surface area contributed by atoms with Crippen LogP contribution in [-0.4, -0.2) is 29.3 Å². The Hall–Kier alpha value is -1.59. The van der Waals surface area contributed by atoms with Gasteiger partial charge in [0.25, 0.3) is 0 Å². The van der Waals surface area contributed by atoms with Crippen LogP contribution in [0.5, 0.6) is 5.75 Å². The number of aliphatic hydroxyl groups is 1. The van der Waals surface area contributed by atoms with Crippen molar-refractivity contribution in [1.82, 2.24) is 0 Å². The van der Waals surface area contributed by atoms with E-state index in [1.807, 2.05) is 20.8 Å². The van der Waals surface area contributed by atoms with Crippen LogP contribution in [-0.2, 0) is 4.79 Å². The SMILES string of the molecule is CC(C)(C)Oc1ccc(NC(=O)C(N)CO)cc1. The van der Waals surface area contributed by atoms with Crippen molar-refractivity contribution in [3.63, 3.8) is 0 Å². The van der Waals surface area contributed by atoms with E-state index in [0.717, 1.165) is 5.75 Å². The van der Waals surface area contributed by atoms with Gasteiger partial charge in [0.2, 0.25) is 5.91 Å². The summed E-state index contributed by atoms with van der Waals surface area (Å²) in [6.45, 7) is 5.51. The second kappa shape index (κ2) is 5.84. The zero-order valence-electron chi connectivity index (χ0n) is 10.9. The molecule has 0 saturated carbocycles. The summed E-state index contributed by atoms with van der Waals surface area (Å²) in [6.07, 6.45) is 0. The minimum absolute atomic E-state index is 0.260. The molecule has 0 aliphatic heterocycles. The van der Waals surface area contributed by atoms with E-state index in [-0.39, 0.29) is 12.2 Å². The largest absolute Gasteiger partial charge is 0.488 e. The minimum Gasteiger partial charge on any atom is -0.488 e. The molecule has 4 N–H and O–H groups in total. The lowest BCUT2D eigenvalue weighted by Crippen LogP contribution is -2.38. The molecule has 0 fully saturated rings. The molecule has 1 unspecified atom stereocenters. The Balaban J connectivity index is 2.63. The maximum absolute atomic E-state index is 11.4. The van der Waals surface area contributed by atoms with Gasteiger partial charge in [0.05, 0.1) is 6.61 Å². The molecule has 5 heteroatoms. The summed E-state index contributed by atoms with van der Waals surface area (Å²) in [5, 5.41) is 11.4. The third-order valence-electron chi connectivity index (χ3n) is 2.08. The van der Waals surface area contributed by atoms with Gasteiger partial charge in [-0.2, -0.15) is 0 Å². The van der Waals surface area contributed by atoms with E-state index in [9.17, 15) is 4.79 Å². The Morgan fingerprint density at radius 3 is 2.39 bits per heavy atom. The van der Waals surface area contributed by atoms with E-state index in [2.05, 4.69) is 5.32 Å². The number of benzene rings is 1. The van der Waals surface area contributed by atoms with Gasteiger partial charge in [-0.15, -0.1) is 0 Å². The van der Waals surface area contributed by atoms with E-state index in [0.29, 0.717) is 5.69 Å². The summed E-state index contributed by atoms with van der Waals surface area (Å²) in [7, 11) is 0. The molecule has 1 aromatic carbocycles. The van der Waals surface area contributed by atoms with Crippen molar-refractivity contribution >= 4 is 11.6 Å². The molecule has 5 nitrogen and oxygen atoms in total. The Labute approximate surface area is 107 Å². The number of amides is 1. The summed E-state index contributed by atoms with van der Waals surface area (Å²) < 4.78 is 5.65. The van der Waals surface area contributed by atoms with Crippen molar-refractivity contribution in [1.29, 1.82) is 0 Å². The van der Waals surface area contributed by atoms with Gasteiger partial charge in [0.1, 0.15) is 17.4 Å². The fourth-order valence-corrected chi connectivity index (χ4v) is 1.28. The van der Waals surface area contributed by atoms with Crippen molar-refractivity contribution < 1.29 is 14.6 Å². The third-order valence-corrected chi connectivity index (χ3v) is 2.08. The average molecular weight is 252 g/mol. The molecule has 1 rings (SSSR count). The number of hydrogen-bond donors (Lipinski definition) is 3. The smallest absolute Gasteiger partial charge is 0.243 e. The molecule has 0 aromatic heterocycles. The van der Waals surface area contributed by atoms with Crippen LogP contribution in [0.1, 0.15) is 20.8 Å². The molecule has 1 aromatic rings. The molecule has 0 saturated heterocycles. The number of hydrogen-bond acceptors (Lipinski definition) is 4. The summed E-state index contributed by atoms with van der Waals surface area (Å²) in [5.74, 6) is 0.314. The zero-order valence-corrected chi connectivity index (χ0v) is 10.9. The van der Waals surface area contributed by atoms with Crippen molar-refractivity contribution in [3.8, 4) is 5.75 Å². The fraction of sp³-hybridized carbons (Fsp3) is 0.462. The van der Waals surface area contributed by atoms with Gasteiger partial charge in [-0.05, 0) is 45.0 Å². The number of rotatable bonds is 4. The molecule has 1 atom stereocenters. The molecule has 0 aliphatic carbocycles. The highest BCUT2D eigenvalue weighted by atomic mass is 16.5. The number of nitrogens with one attached hydrogen (secondary N) is 1. The van der Waals surface area contributed by atoms with Gasteiger partial charge in [-0.25, -0.2) is 0 Å². The van der Waals surface area contributed by atoms with Gasteiger partial charge < -0.3 is 20.9 Å². The maximum Gasteiger partial charge on any atom is 0.243 e. The van der Waals surface area contributed by atoms with E-state index >= 15 is 0 Å². The van der Waals surface area contributed by atoms with Gasteiger partial charge in [0, 0.05) is 5.69 Å². The second-order valence-electron chi connectivity index (χ2n) is 5.02. The number of carbonyl (C=O) groups is 1. The highest BCUT2D eigenvalue weighted by molar-refractivity contribution is 5.94. The van der Waals surface area contributed by atoms with Crippen LogP contribution < -0.4 is 15.8 Å². The van der Waals surface area contributed by atoms with Crippen LogP contribution in [0, 0.1) is 0 Å². The van der Waals surface area contributed by atoms with Crippen molar-refractivity contribution in [2.75, 3.05) is 11.9 Å². The Morgan fingerprint density at radius 1 is 1.39 bits per heavy atom. The van der Waals surface area contributed by atoms with Crippen molar-refractivity contribution in [2.24, 2.45) is 5.73 Å². The first-order valence-electron chi connectivity index (χ1n) is 5.78. The van der Waals surface area contributed by atoms with Crippen LogP contribution >= 0.6 is 0 Å². The highest BCUT2D eigenvalue weighted by Crippen LogP contribution is 2.20. The normalized spacial score (nSPS) is 12.9. The van der Waals surface area contributed by atoms with E-state index in [1.54, 1.807) is 24.3 Å². The predicted molar refractivity (Wildman–Crippen MR) is 70.5 cm³/mol. The number of aliphatic hydroxyl groups excluding tert-OH is 1. The van der Waals surface area contributed by atoms with E-state index in [1.165, 1.54) is 0 Å². The van der Waals surface area contributed by atoms with Gasteiger partial charge in [0.15, 0.2) is 0 Å². The molecule has 0 bridgehead atoms. The zero-order chi connectivity index (χ0) is 13.8. The monoisotopic (exact) mass is 252 g/mol. The lowest BCUT2D eigenvalue weighted by atomic mass is 10.2. The Morgan fingerprint density at radius 2 is 1.94 bits per heavy atom. The number of ether oxygens (including phenoxy) is 1. The summed E-state index contributed by atoms with van der Waals surface area (Å²) in [5.41, 5.74) is 5.75. The van der Waals surface area contributed by atoms with Crippen LogP contribution in [0.4, 0.5) is 5.69 Å². The molecule has 1 amide bonds. The Kier molecular flexibility index (Phi) is 4.69. The molecule has 18 heavy (non-hydrogen) atoms. The van der Waals surface area contributed by atoms with E-state index < -0.39 is 11.9 Å². The van der Waals surface area contributed by atoms with Crippen LogP contribution in [0.3, 0.4) is 0 Å². The van der Waals surface area contributed by atoms with Crippen LogP contribution in [0.25, 0.3) is 0 Å². The lowest BCUT2D eigenvalue weighted by Gasteiger charge is -2.21. The highest BCUT2D eigenvalue weighted by Gasteiger charge is 2.13. The van der Waals surface area contributed by atoms with Crippen molar-refractivity contribution in [3.05, 3.63) is 24.3 Å². The third kappa shape index (κ3) is 4.73. The quantitative estimate of drug-likeness (QED) is 0.749. The lowest BCUT2D eigenvalue weighted by molar-refractivity contribution is -0.118. The second-order valence-corrected chi connectivity index (χ2v) is 5.02. The fourth-order valence-electron chi connectivity index (χ4n) is 1.28. The maximum atomic E-state index is 11.4. The van der Waals surface area contributed by atoms with Gasteiger partial charge >= 0.3 is 0 Å². The average Bonchev–Trinajstić information content (AvgIpc) is 2.28. The molecule has 0 radical (unpaired) electrons. The van der Waals surface area contributed by atoms with Gasteiger partial charge in [-0.1, -0.05) is 0 Å². The number of carbonyl (C=O) groups excluding carboxylic acids is 1. The standard InChI is InChI=1S/C13H20N2O3/c1-13(2,3)18-10-6-4-9(5-7-10)15-12(17)11(14)8-16/h4-7,11,16H,8,14H2,1-3H3,(H,15,17). The molecule has 0 heterocycles. The topological polar surface area (TPSA) is 84.6 Å². The minimum atomic E-state index is -0.907. The number of nitrogens with two attached hydrogens (primary N) is 1.